The lowest BCUT2D eigenvalue weighted by atomic mass is 10.0. The summed E-state index contributed by atoms with van der Waals surface area (Å²) in [7, 11) is 0. The molecule has 0 radical (unpaired) electrons. The Hall–Kier alpha value is -3.88. The Morgan fingerprint density at radius 3 is 2.97 bits per heavy atom. The van der Waals surface area contributed by atoms with Gasteiger partial charge in [0.25, 0.3) is 0 Å². The summed E-state index contributed by atoms with van der Waals surface area (Å²) in [4.78, 5) is 27.8. The molecule has 9 nitrogen and oxygen atoms in total. The number of phenolic OH excluding ortho intramolecular Hbond substituents is 1. The van der Waals surface area contributed by atoms with Crippen molar-refractivity contribution in [1.29, 1.82) is 0 Å². The molecule has 1 N–H and O–H groups in total. The molecule has 0 amide bonds. The molecular weight excluding hydrogens is 446 g/mol. The standard InChI is InChI=1S/C26H27N5O4/c32-20-7-6-17-3-1-5-22(21(17)13-20)35-14-19-4-2-10-31(19)25-23-24(27-15-28-25)30(16-29-23)11-8-18-9-12-34-26(18)33/h1,3,5-7,13,15-16,18-19,32H,2,4,8-12,14H2. The topological polar surface area (TPSA) is 103 Å². The second-order valence-electron chi connectivity index (χ2n) is 9.21. The minimum Gasteiger partial charge on any atom is -0.508 e. The average Bonchev–Trinajstić information content (AvgIpc) is 3.61. The quantitative estimate of drug-likeness (QED) is 0.406. The molecule has 0 saturated carbocycles. The number of carbonyl (C=O) groups excluding carboxylic acids is 1. The van der Waals surface area contributed by atoms with E-state index in [1.807, 2.05) is 28.8 Å². The monoisotopic (exact) mass is 473 g/mol. The zero-order chi connectivity index (χ0) is 23.8. The molecule has 2 saturated heterocycles. The molecule has 4 aromatic rings. The Morgan fingerprint density at radius 2 is 2.09 bits per heavy atom. The van der Waals surface area contributed by atoms with Crippen LogP contribution in [0.5, 0.6) is 11.5 Å². The number of rotatable bonds is 7. The van der Waals surface area contributed by atoms with Gasteiger partial charge in [0.15, 0.2) is 17.0 Å². The highest BCUT2D eigenvalue weighted by Crippen LogP contribution is 2.32. The van der Waals surface area contributed by atoms with Gasteiger partial charge in [-0.3, -0.25) is 4.79 Å². The summed E-state index contributed by atoms with van der Waals surface area (Å²) in [5.74, 6) is 1.64. The number of nitrogens with zero attached hydrogens (tertiary/aromatic N) is 5. The molecule has 2 atom stereocenters. The summed E-state index contributed by atoms with van der Waals surface area (Å²) in [6.07, 6.45) is 6.89. The number of aromatic nitrogens is 4. The maximum atomic E-state index is 11.8. The SMILES string of the molecule is O=C1OCCC1CCn1cnc2c(N3CCCC3COc3cccc4ccc(O)cc34)ncnc21. The molecule has 2 fully saturated rings. The van der Waals surface area contributed by atoms with Gasteiger partial charge >= 0.3 is 5.97 Å². The van der Waals surface area contributed by atoms with Crippen molar-refractivity contribution in [2.75, 3.05) is 24.7 Å². The minimum absolute atomic E-state index is 0.0511. The summed E-state index contributed by atoms with van der Waals surface area (Å²) >= 11 is 0. The Labute approximate surface area is 202 Å². The maximum absolute atomic E-state index is 11.8. The van der Waals surface area contributed by atoms with E-state index in [9.17, 15) is 9.90 Å². The Balaban J connectivity index is 1.21. The van der Waals surface area contributed by atoms with Crippen LogP contribution in [0.3, 0.4) is 0 Å². The summed E-state index contributed by atoms with van der Waals surface area (Å²) in [5.41, 5.74) is 1.54. The highest BCUT2D eigenvalue weighted by atomic mass is 16.5. The van der Waals surface area contributed by atoms with Gasteiger partial charge in [-0.1, -0.05) is 18.2 Å². The third kappa shape index (κ3) is 4.11. The summed E-state index contributed by atoms with van der Waals surface area (Å²) in [6, 6.07) is 11.4. The molecule has 180 valence electrons. The number of carbonyl (C=O) groups is 1. The van der Waals surface area contributed by atoms with Crippen molar-refractivity contribution in [1.82, 2.24) is 19.5 Å². The zero-order valence-corrected chi connectivity index (χ0v) is 19.3. The van der Waals surface area contributed by atoms with Crippen molar-refractivity contribution in [3.8, 4) is 11.5 Å². The van der Waals surface area contributed by atoms with Crippen molar-refractivity contribution in [3.05, 3.63) is 49.1 Å². The highest BCUT2D eigenvalue weighted by molar-refractivity contribution is 5.89. The van der Waals surface area contributed by atoms with Crippen molar-refractivity contribution >= 4 is 33.7 Å². The van der Waals surface area contributed by atoms with E-state index in [0.29, 0.717) is 26.2 Å². The number of aryl methyl sites for hydroxylation is 1. The number of hydrogen-bond acceptors (Lipinski definition) is 8. The predicted molar refractivity (Wildman–Crippen MR) is 130 cm³/mol. The van der Waals surface area contributed by atoms with Crippen molar-refractivity contribution in [2.24, 2.45) is 5.92 Å². The molecule has 35 heavy (non-hydrogen) atoms. The minimum atomic E-state index is -0.106. The molecule has 2 unspecified atom stereocenters. The molecule has 0 spiro atoms. The van der Waals surface area contributed by atoms with Crippen LogP contribution in [0.15, 0.2) is 49.1 Å². The Kier molecular flexibility index (Phi) is 5.60. The smallest absolute Gasteiger partial charge is 0.309 e. The number of cyclic esters (lactones) is 1. The molecule has 9 heteroatoms. The van der Waals surface area contributed by atoms with Crippen molar-refractivity contribution in [2.45, 2.75) is 38.3 Å². The van der Waals surface area contributed by atoms with Gasteiger partial charge < -0.3 is 24.0 Å². The molecule has 0 aliphatic carbocycles. The van der Waals surface area contributed by atoms with Crippen LogP contribution in [-0.4, -0.2) is 56.4 Å². The number of ether oxygens (including phenoxy) is 2. The van der Waals surface area contributed by atoms with E-state index < -0.39 is 0 Å². The second kappa shape index (κ2) is 9.05. The number of esters is 1. The first kappa shape index (κ1) is 21.6. The highest BCUT2D eigenvalue weighted by Gasteiger charge is 2.30. The number of anilines is 1. The largest absolute Gasteiger partial charge is 0.508 e. The van der Waals surface area contributed by atoms with Crippen LogP contribution in [0.2, 0.25) is 0 Å². The number of fused-ring (bicyclic) bond motifs is 2. The van der Waals surface area contributed by atoms with Crippen LogP contribution < -0.4 is 9.64 Å². The maximum Gasteiger partial charge on any atom is 0.309 e. The second-order valence-corrected chi connectivity index (χ2v) is 9.21. The Bertz CT molecular complexity index is 1390. The molecule has 6 rings (SSSR count). The third-order valence-electron chi connectivity index (χ3n) is 7.05. The van der Waals surface area contributed by atoms with Gasteiger partial charge in [-0.05, 0) is 49.3 Å². The lowest BCUT2D eigenvalue weighted by Crippen LogP contribution is -2.35. The first-order valence-electron chi connectivity index (χ1n) is 12.1. The fraction of sp³-hybridized carbons (Fsp3) is 0.385. The molecular formula is C26H27N5O4. The van der Waals surface area contributed by atoms with Crippen LogP contribution in [0.1, 0.15) is 25.7 Å². The van der Waals surface area contributed by atoms with E-state index in [1.54, 1.807) is 24.8 Å². The van der Waals surface area contributed by atoms with Crippen LogP contribution in [0.25, 0.3) is 21.9 Å². The van der Waals surface area contributed by atoms with Crippen molar-refractivity contribution < 1.29 is 19.4 Å². The number of imidazole rings is 1. The van der Waals surface area contributed by atoms with Gasteiger partial charge in [-0.2, -0.15) is 0 Å². The normalized spacial score (nSPS) is 20.1. The predicted octanol–water partition coefficient (Wildman–Crippen LogP) is 3.69. The molecule has 0 bridgehead atoms. The average molecular weight is 474 g/mol. The lowest BCUT2D eigenvalue weighted by molar-refractivity contribution is -0.141. The molecule has 2 aliphatic heterocycles. The molecule has 2 aromatic heterocycles. The van der Waals surface area contributed by atoms with E-state index in [2.05, 4.69) is 19.9 Å². The summed E-state index contributed by atoms with van der Waals surface area (Å²) in [6.45, 7) is 2.55. The van der Waals surface area contributed by atoms with Gasteiger partial charge in [0.2, 0.25) is 0 Å². The number of benzene rings is 2. The van der Waals surface area contributed by atoms with E-state index in [4.69, 9.17) is 9.47 Å². The van der Waals surface area contributed by atoms with Gasteiger partial charge in [0, 0.05) is 18.5 Å². The van der Waals surface area contributed by atoms with E-state index in [1.165, 1.54) is 0 Å². The first-order chi connectivity index (χ1) is 17.2. The van der Waals surface area contributed by atoms with Crippen LogP contribution in [0.4, 0.5) is 5.82 Å². The van der Waals surface area contributed by atoms with Crippen LogP contribution >= 0.6 is 0 Å². The zero-order valence-electron chi connectivity index (χ0n) is 19.3. The molecule has 2 aromatic carbocycles. The van der Waals surface area contributed by atoms with Crippen molar-refractivity contribution in [3.63, 3.8) is 0 Å². The first-order valence-corrected chi connectivity index (χ1v) is 12.1. The number of phenols is 1. The molecule has 2 aliphatic rings. The number of hydrogen-bond donors (Lipinski definition) is 1. The lowest BCUT2D eigenvalue weighted by Gasteiger charge is -2.26. The van der Waals surface area contributed by atoms with Gasteiger partial charge in [0.05, 0.1) is 24.9 Å². The van der Waals surface area contributed by atoms with Gasteiger partial charge in [-0.25, -0.2) is 15.0 Å². The summed E-state index contributed by atoms with van der Waals surface area (Å²) < 4.78 is 13.3. The third-order valence-corrected chi connectivity index (χ3v) is 7.05. The molecule has 4 heterocycles. The van der Waals surface area contributed by atoms with Crippen LogP contribution in [-0.2, 0) is 16.1 Å². The fourth-order valence-corrected chi connectivity index (χ4v) is 5.17. The fourth-order valence-electron chi connectivity index (χ4n) is 5.17. The van der Waals surface area contributed by atoms with E-state index in [-0.39, 0.29) is 23.7 Å². The van der Waals surface area contributed by atoms with Gasteiger partial charge in [-0.15, -0.1) is 0 Å². The number of aromatic hydroxyl groups is 1. The van der Waals surface area contributed by atoms with Crippen LogP contribution in [0, 0.1) is 5.92 Å². The van der Waals surface area contributed by atoms with E-state index >= 15 is 0 Å². The van der Waals surface area contributed by atoms with E-state index in [0.717, 1.165) is 59.3 Å². The summed E-state index contributed by atoms with van der Waals surface area (Å²) in [5, 5.41) is 11.9. The Morgan fingerprint density at radius 1 is 1.14 bits per heavy atom. The van der Waals surface area contributed by atoms with Gasteiger partial charge in [0.1, 0.15) is 24.4 Å².